The third kappa shape index (κ3) is 5.58. The van der Waals surface area contributed by atoms with Crippen molar-refractivity contribution in [2.24, 2.45) is 4.99 Å². The van der Waals surface area contributed by atoms with Crippen LogP contribution in [0.2, 0.25) is 0 Å². The standard InChI is InChI=1S/C26H24N2O6S/c1-4-28-24(29)23(35-26(28)27-18-8-6-5-7-9-18)15-17-10-12-20(22(14-17)31-2)33-16-19-11-13-21(34-19)25(30)32-3/h5-15H,4,16H2,1-3H3. The summed E-state index contributed by atoms with van der Waals surface area (Å²) >= 11 is 1.34. The Morgan fingerprint density at radius 2 is 1.89 bits per heavy atom. The molecule has 180 valence electrons. The van der Waals surface area contributed by atoms with Gasteiger partial charge < -0.3 is 18.6 Å². The number of hydrogen-bond acceptors (Lipinski definition) is 8. The van der Waals surface area contributed by atoms with E-state index >= 15 is 0 Å². The highest BCUT2D eigenvalue weighted by atomic mass is 32.2. The molecule has 2 heterocycles. The minimum Gasteiger partial charge on any atom is -0.493 e. The van der Waals surface area contributed by atoms with E-state index in [0.717, 1.165) is 11.3 Å². The molecule has 0 saturated carbocycles. The molecule has 4 rings (SSSR count). The van der Waals surface area contributed by atoms with Crippen LogP contribution < -0.4 is 9.47 Å². The molecule has 0 radical (unpaired) electrons. The predicted octanol–water partition coefficient (Wildman–Crippen LogP) is 5.28. The number of carbonyl (C=O) groups excluding carboxylic acids is 2. The topological polar surface area (TPSA) is 90.6 Å². The lowest BCUT2D eigenvalue weighted by Crippen LogP contribution is -2.28. The first kappa shape index (κ1) is 24.2. The zero-order chi connectivity index (χ0) is 24.8. The summed E-state index contributed by atoms with van der Waals surface area (Å²) in [6.07, 6.45) is 1.81. The summed E-state index contributed by atoms with van der Waals surface area (Å²) in [6, 6.07) is 18.1. The quantitative estimate of drug-likeness (QED) is 0.312. The lowest BCUT2D eigenvalue weighted by Gasteiger charge is -2.12. The Morgan fingerprint density at radius 1 is 1.09 bits per heavy atom. The number of carbonyl (C=O) groups is 2. The van der Waals surface area contributed by atoms with Crippen molar-refractivity contribution >= 4 is 40.6 Å². The van der Waals surface area contributed by atoms with E-state index in [9.17, 15) is 9.59 Å². The Labute approximate surface area is 207 Å². The fourth-order valence-corrected chi connectivity index (χ4v) is 4.40. The molecule has 9 heteroatoms. The Bertz CT molecular complexity index is 1280. The van der Waals surface area contributed by atoms with Gasteiger partial charge in [0, 0.05) is 6.54 Å². The maximum Gasteiger partial charge on any atom is 0.373 e. The van der Waals surface area contributed by atoms with E-state index in [1.807, 2.05) is 49.4 Å². The van der Waals surface area contributed by atoms with Crippen LogP contribution in [0.25, 0.3) is 6.08 Å². The number of methoxy groups -OCH3 is 2. The predicted molar refractivity (Wildman–Crippen MR) is 134 cm³/mol. The number of amidine groups is 1. The normalized spacial score (nSPS) is 15.6. The van der Waals surface area contributed by atoms with Crippen molar-refractivity contribution in [1.29, 1.82) is 0 Å². The molecule has 3 aromatic rings. The average molecular weight is 493 g/mol. The monoisotopic (exact) mass is 492 g/mol. The van der Waals surface area contributed by atoms with Crippen LogP contribution in [-0.2, 0) is 16.1 Å². The van der Waals surface area contributed by atoms with Crippen molar-refractivity contribution in [3.05, 3.63) is 82.7 Å². The Kier molecular flexibility index (Phi) is 7.57. The first-order chi connectivity index (χ1) is 17.0. The van der Waals surface area contributed by atoms with Gasteiger partial charge in [0.25, 0.3) is 5.91 Å². The smallest absolute Gasteiger partial charge is 0.373 e. The molecule has 0 bridgehead atoms. The maximum atomic E-state index is 13.0. The number of hydrogen-bond donors (Lipinski definition) is 0. The van der Waals surface area contributed by atoms with Crippen molar-refractivity contribution in [2.75, 3.05) is 20.8 Å². The molecule has 0 spiro atoms. The van der Waals surface area contributed by atoms with Crippen LogP contribution in [-0.4, -0.2) is 42.7 Å². The number of thioether (sulfide) groups is 1. The van der Waals surface area contributed by atoms with E-state index in [2.05, 4.69) is 9.73 Å². The van der Waals surface area contributed by atoms with E-state index in [0.29, 0.717) is 33.9 Å². The van der Waals surface area contributed by atoms with Gasteiger partial charge in [-0.05, 0) is 66.7 Å². The summed E-state index contributed by atoms with van der Waals surface area (Å²) in [5.41, 5.74) is 1.58. The molecular formula is C26H24N2O6S. The van der Waals surface area contributed by atoms with Gasteiger partial charge >= 0.3 is 5.97 Å². The van der Waals surface area contributed by atoms with Crippen LogP contribution in [0, 0.1) is 0 Å². The number of rotatable bonds is 8. The first-order valence-electron chi connectivity index (χ1n) is 10.9. The number of esters is 1. The molecular weight excluding hydrogens is 468 g/mol. The van der Waals surface area contributed by atoms with Gasteiger partial charge in [-0.1, -0.05) is 24.3 Å². The second-order valence-corrected chi connectivity index (χ2v) is 8.36. The van der Waals surface area contributed by atoms with E-state index in [4.69, 9.17) is 13.9 Å². The van der Waals surface area contributed by atoms with E-state index in [1.165, 1.54) is 24.9 Å². The van der Waals surface area contributed by atoms with Gasteiger partial charge in [-0.25, -0.2) is 9.79 Å². The van der Waals surface area contributed by atoms with Crippen molar-refractivity contribution in [3.8, 4) is 11.5 Å². The van der Waals surface area contributed by atoms with E-state index < -0.39 is 5.97 Å². The van der Waals surface area contributed by atoms with E-state index in [1.54, 1.807) is 30.2 Å². The molecule has 1 saturated heterocycles. The SMILES string of the molecule is CCN1C(=O)C(=Cc2ccc(OCc3ccc(C(=O)OC)o3)c(OC)c2)SC1=Nc1ccccc1. The molecule has 0 N–H and O–H groups in total. The van der Waals surface area contributed by atoms with Crippen molar-refractivity contribution < 1.29 is 28.2 Å². The lowest BCUT2D eigenvalue weighted by molar-refractivity contribution is -0.122. The zero-order valence-electron chi connectivity index (χ0n) is 19.5. The van der Waals surface area contributed by atoms with Gasteiger partial charge in [-0.2, -0.15) is 0 Å². The highest BCUT2D eigenvalue weighted by molar-refractivity contribution is 8.18. The second-order valence-electron chi connectivity index (χ2n) is 7.35. The van der Waals surface area contributed by atoms with Crippen LogP contribution in [0.15, 0.2) is 75.0 Å². The van der Waals surface area contributed by atoms with Gasteiger partial charge in [-0.3, -0.25) is 9.69 Å². The summed E-state index contributed by atoms with van der Waals surface area (Å²) < 4.78 is 21.4. The summed E-state index contributed by atoms with van der Waals surface area (Å²) in [4.78, 5) is 31.4. The summed E-state index contributed by atoms with van der Waals surface area (Å²) in [5, 5.41) is 0.645. The van der Waals surface area contributed by atoms with Crippen molar-refractivity contribution in [2.45, 2.75) is 13.5 Å². The van der Waals surface area contributed by atoms with Gasteiger partial charge in [0.15, 0.2) is 16.7 Å². The third-order valence-corrected chi connectivity index (χ3v) is 6.10. The molecule has 1 aliphatic heterocycles. The number of amides is 1. The molecule has 2 aromatic carbocycles. The second kappa shape index (κ2) is 11.0. The average Bonchev–Trinajstić information content (AvgIpc) is 3.47. The van der Waals surface area contributed by atoms with Crippen LogP contribution in [0.3, 0.4) is 0 Å². The number of furan rings is 1. The fourth-order valence-electron chi connectivity index (χ4n) is 3.34. The Balaban J connectivity index is 1.51. The summed E-state index contributed by atoms with van der Waals surface area (Å²) in [5.74, 6) is 0.930. The number of aliphatic imine (C=N–C) groups is 1. The number of para-hydroxylation sites is 1. The van der Waals surface area contributed by atoms with Gasteiger partial charge in [0.05, 0.1) is 24.8 Å². The molecule has 35 heavy (non-hydrogen) atoms. The van der Waals surface area contributed by atoms with Crippen molar-refractivity contribution in [1.82, 2.24) is 4.90 Å². The minimum atomic E-state index is -0.552. The number of ether oxygens (including phenoxy) is 3. The highest BCUT2D eigenvalue weighted by Crippen LogP contribution is 2.36. The molecule has 8 nitrogen and oxygen atoms in total. The maximum absolute atomic E-state index is 13.0. The van der Waals surface area contributed by atoms with Gasteiger partial charge in [-0.15, -0.1) is 0 Å². The lowest BCUT2D eigenvalue weighted by atomic mass is 10.2. The fraction of sp³-hybridized carbons (Fsp3) is 0.192. The molecule has 0 unspecified atom stereocenters. The first-order valence-corrected chi connectivity index (χ1v) is 11.7. The Hall–Kier alpha value is -3.98. The molecule has 1 fully saturated rings. The zero-order valence-corrected chi connectivity index (χ0v) is 20.3. The molecule has 1 amide bonds. The van der Waals surface area contributed by atoms with Crippen LogP contribution >= 0.6 is 11.8 Å². The number of benzene rings is 2. The minimum absolute atomic E-state index is 0.0919. The molecule has 1 aliphatic rings. The van der Waals surface area contributed by atoms with Gasteiger partial charge in [0.1, 0.15) is 12.4 Å². The number of likely N-dealkylation sites (N-methyl/N-ethyl adjacent to an activating group) is 1. The Morgan fingerprint density at radius 3 is 2.60 bits per heavy atom. The van der Waals surface area contributed by atoms with E-state index in [-0.39, 0.29) is 18.3 Å². The largest absolute Gasteiger partial charge is 0.493 e. The van der Waals surface area contributed by atoms with Crippen LogP contribution in [0.4, 0.5) is 5.69 Å². The summed E-state index contributed by atoms with van der Waals surface area (Å²) in [6.45, 7) is 2.55. The molecule has 0 aliphatic carbocycles. The van der Waals surface area contributed by atoms with Crippen molar-refractivity contribution in [3.63, 3.8) is 0 Å². The van der Waals surface area contributed by atoms with Crippen LogP contribution in [0.5, 0.6) is 11.5 Å². The third-order valence-electron chi connectivity index (χ3n) is 5.09. The molecule has 0 atom stereocenters. The number of nitrogens with zero attached hydrogens (tertiary/aromatic N) is 2. The van der Waals surface area contributed by atoms with Gasteiger partial charge in [0.2, 0.25) is 5.76 Å². The highest BCUT2D eigenvalue weighted by Gasteiger charge is 2.32. The van der Waals surface area contributed by atoms with Crippen LogP contribution in [0.1, 0.15) is 28.8 Å². The molecule has 1 aromatic heterocycles. The summed E-state index contributed by atoms with van der Waals surface area (Å²) in [7, 11) is 2.83.